The van der Waals surface area contributed by atoms with Crippen molar-refractivity contribution in [1.82, 2.24) is 15.3 Å². The zero-order valence-corrected chi connectivity index (χ0v) is 18.8. The molecule has 0 saturated heterocycles. The molecule has 0 aliphatic heterocycles. The van der Waals surface area contributed by atoms with Crippen molar-refractivity contribution >= 4 is 41.5 Å². The molecule has 1 heterocycles. The highest BCUT2D eigenvalue weighted by Crippen LogP contribution is 2.28. The molecule has 10 heteroatoms. The van der Waals surface area contributed by atoms with E-state index in [0.29, 0.717) is 17.8 Å². The first-order chi connectivity index (χ1) is 15.4. The molecule has 1 saturated carbocycles. The number of aryl methyl sites for hydroxylation is 1. The molecule has 1 aromatic heterocycles. The van der Waals surface area contributed by atoms with Crippen LogP contribution in [-0.2, 0) is 0 Å². The summed E-state index contributed by atoms with van der Waals surface area (Å²) in [4.78, 5) is 23.3. The third-order valence-electron chi connectivity index (χ3n) is 5.85. The lowest BCUT2D eigenvalue weighted by Crippen LogP contribution is -2.71. The minimum absolute atomic E-state index is 0.228. The van der Waals surface area contributed by atoms with E-state index in [9.17, 15) is 4.79 Å². The van der Waals surface area contributed by atoms with Crippen molar-refractivity contribution in [1.29, 1.82) is 5.41 Å². The Morgan fingerprint density at radius 1 is 1.38 bits per heavy atom. The second-order valence-corrected chi connectivity index (χ2v) is 7.95. The Kier molecular flexibility index (Phi) is 7.85. The summed E-state index contributed by atoms with van der Waals surface area (Å²) in [6, 6.07) is 6.42. The molecule has 7 N–H and O–H groups in total. The SMILES string of the molecule is CN[C@H]1CCCC[C@H]1N(C)c1ncc(C(N)=O)c(Nc2cc([NH2+]/N=C\C=N)ccc2C)n1. The third-order valence-corrected chi connectivity index (χ3v) is 5.85. The summed E-state index contributed by atoms with van der Waals surface area (Å²) in [6.45, 7) is 1.96. The number of likely N-dealkylation sites (N-methyl/N-ethyl adjacent to an activating group) is 2. The molecule has 32 heavy (non-hydrogen) atoms. The van der Waals surface area contributed by atoms with Gasteiger partial charge in [-0.1, -0.05) is 24.0 Å². The van der Waals surface area contributed by atoms with E-state index in [1.165, 1.54) is 25.3 Å². The van der Waals surface area contributed by atoms with E-state index < -0.39 is 5.91 Å². The number of aromatic nitrogens is 2. The number of anilines is 3. The summed E-state index contributed by atoms with van der Waals surface area (Å²) in [5.41, 5.74) is 10.1. The smallest absolute Gasteiger partial charge is 0.254 e. The zero-order valence-electron chi connectivity index (χ0n) is 18.8. The van der Waals surface area contributed by atoms with Crippen LogP contribution in [0, 0.1) is 12.3 Å². The number of carbonyl (C=O) groups excluding carboxylic acids is 1. The van der Waals surface area contributed by atoms with Crippen molar-refractivity contribution in [3.05, 3.63) is 35.5 Å². The van der Waals surface area contributed by atoms with E-state index in [-0.39, 0.29) is 11.6 Å². The summed E-state index contributed by atoms with van der Waals surface area (Å²) in [6.07, 6.45) is 8.54. The van der Waals surface area contributed by atoms with E-state index in [4.69, 9.17) is 11.1 Å². The van der Waals surface area contributed by atoms with Gasteiger partial charge in [-0.2, -0.15) is 10.4 Å². The van der Waals surface area contributed by atoms with Crippen molar-refractivity contribution in [3.8, 4) is 0 Å². The van der Waals surface area contributed by atoms with E-state index in [2.05, 4.69) is 30.6 Å². The average Bonchev–Trinajstić information content (AvgIpc) is 2.80. The van der Waals surface area contributed by atoms with Crippen molar-refractivity contribution in [2.45, 2.75) is 44.7 Å². The van der Waals surface area contributed by atoms with Crippen LogP contribution in [0.5, 0.6) is 0 Å². The maximum absolute atomic E-state index is 12.1. The molecule has 1 aliphatic rings. The molecule has 2 atom stereocenters. The maximum Gasteiger partial charge on any atom is 0.254 e. The number of nitrogens with one attached hydrogen (secondary N) is 3. The predicted molar refractivity (Wildman–Crippen MR) is 127 cm³/mol. The third kappa shape index (κ3) is 5.45. The highest BCUT2D eigenvalue weighted by atomic mass is 16.1. The first kappa shape index (κ1) is 23.3. The van der Waals surface area contributed by atoms with Gasteiger partial charge in [-0.25, -0.2) is 4.98 Å². The zero-order chi connectivity index (χ0) is 23.1. The number of benzene rings is 1. The van der Waals surface area contributed by atoms with Gasteiger partial charge in [0.25, 0.3) is 5.91 Å². The standard InChI is InChI=1S/C22H31N9O/c1-14-8-9-15(30-27-11-10-23)12-18(14)28-21-16(20(24)32)13-26-22(29-21)31(3)19-7-5-4-6-17(19)25-2/h8-13,17,19,23,25,30H,4-7H2,1-3H3,(H2,24,32)(H,26,28,29)/p+1/b23-10?,27-11-/t17-,19+/m0/s1. The lowest BCUT2D eigenvalue weighted by Gasteiger charge is -2.38. The van der Waals surface area contributed by atoms with Gasteiger partial charge in [0, 0.05) is 49.4 Å². The van der Waals surface area contributed by atoms with E-state index in [1.54, 1.807) is 5.43 Å². The Morgan fingerprint density at radius 2 is 2.16 bits per heavy atom. The number of nitrogens with two attached hydrogens (primary N) is 2. The maximum atomic E-state index is 12.1. The lowest BCUT2D eigenvalue weighted by atomic mass is 9.89. The number of hydrogen-bond donors (Lipinski definition) is 5. The van der Waals surface area contributed by atoms with Gasteiger partial charge in [-0.05, 0) is 32.4 Å². The van der Waals surface area contributed by atoms with Crippen molar-refractivity contribution in [2.75, 3.05) is 24.3 Å². The second kappa shape index (κ2) is 10.8. The average molecular weight is 439 g/mol. The summed E-state index contributed by atoms with van der Waals surface area (Å²) in [5, 5.41) is 17.8. The van der Waals surface area contributed by atoms with Crippen molar-refractivity contribution in [2.24, 2.45) is 10.8 Å². The molecule has 1 amide bonds. The molecule has 0 spiro atoms. The van der Waals surface area contributed by atoms with Crippen LogP contribution >= 0.6 is 0 Å². The summed E-state index contributed by atoms with van der Waals surface area (Å²) < 4.78 is 0. The molecule has 1 aliphatic carbocycles. The Morgan fingerprint density at radius 3 is 2.88 bits per heavy atom. The number of carbonyl (C=O) groups is 1. The van der Waals surface area contributed by atoms with Crippen LogP contribution in [-0.4, -0.2) is 54.5 Å². The van der Waals surface area contributed by atoms with Gasteiger partial charge in [0.15, 0.2) is 5.69 Å². The van der Waals surface area contributed by atoms with Gasteiger partial charge in [0.1, 0.15) is 17.6 Å². The summed E-state index contributed by atoms with van der Waals surface area (Å²) >= 11 is 0. The monoisotopic (exact) mass is 438 g/mol. The normalized spacial score (nSPS) is 18.5. The molecular formula is C22H32N9O+. The highest BCUT2D eigenvalue weighted by molar-refractivity contribution is 6.14. The topological polar surface area (TPSA) is 149 Å². The van der Waals surface area contributed by atoms with Crippen LogP contribution in [0.2, 0.25) is 0 Å². The van der Waals surface area contributed by atoms with Crippen LogP contribution in [0.3, 0.4) is 0 Å². The predicted octanol–water partition coefficient (Wildman–Crippen LogP) is 1.42. The second-order valence-electron chi connectivity index (χ2n) is 7.95. The Bertz CT molecular complexity index is 991. The summed E-state index contributed by atoms with van der Waals surface area (Å²) in [5.74, 6) is 0.318. The fourth-order valence-electron chi connectivity index (χ4n) is 4.03. The Balaban J connectivity index is 1.92. The Hall–Kier alpha value is -3.37. The van der Waals surface area contributed by atoms with Gasteiger partial charge >= 0.3 is 0 Å². The molecule has 0 radical (unpaired) electrons. The number of quaternary nitrogens is 1. The van der Waals surface area contributed by atoms with Gasteiger partial charge in [0.05, 0.1) is 0 Å². The lowest BCUT2D eigenvalue weighted by molar-refractivity contribution is -0.576. The molecule has 1 aromatic carbocycles. The number of rotatable bonds is 9. The quantitative estimate of drug-likeness (QED) is 0.173. The van der Waals surface area contributed by atoms with Crippen LogP contribution in [0.1, 0.15) is 41.6 Å². The fraction of sp³-hybridized carbons (Fsp3) is 0.409. The fourth-order valence-corrected chi connectivity index (χ4v) is 4.03. The Labute approximate surface area is 188 Å². The molecular weight excluding hydrogens is 406 g/mol. The number of nitrogens with zero attached hydrogens (tertiary/aromatic N) is 4. The summed E-state index contributed by atoms with van der Waals surface area (Å²) in [7, 11) is 3.98. The van der Waals surface area contributed by atoms with Crippen LogP contribution < -0.4 is 26.7 Å². The van der Waals surface area contributed by atoms with Crippen molar-refractivity contribution in [3.63, 3.8) is 0 Å². The first-order valence-corrected chi connectivity index (χ1v) is 10.7. The minimum atomic E-state index is -0.594. The largest absolute Gasteiger partial charge is 0.365 e. The molecule has 170 valence electrons. The first-order valence-electron chi connectivity index (χ1n) is 10.7. The number of amides is 1. The van der Waals surface area contributed by atoms with Crippen LogP contribution in [0.15, 0.2) is 29.5 Å². The molecule has 10 nitrogen and oxygen atoms in total. The van der Waals surface area contributed by atoms with Gasteiger partial charge in [-0.15, -0.1) is 0 Å². The van der Waals surface area contributed by atoms with E-state index in [0.717, 1.165) is 36.0 Å². The molecule has 1 fully saturated rings. The van der Waals surface area contributed by atoms with Crippen LogP contribution in [0.4, 0.5) is 23.1 Å². The van der Waals surface area contributed by atoms with E-state index >= 15 is 0 Å². The minimum Gasteiger partial charge on any atom is -0.365 e. The molecule has 2 aromatic rings. The molecule has 0 bridgehead atoms. The van der Waals surface area contributed by atoms with Gasteiger partial charge in [0.2, 0.25) is 5.95 Å². The van der Waals surface area contributed by atoms with Crippen LogP contribution in [0.25, 0.3) is 0 Å². The van der Waals surface area contributed by atoms with Gasteiger partial charge in [-0.3, -0.25) is 4.79 Å². The molecule has 3 rings (SSSR count). The van der Waals surface area contributed by atoms with Crippen molar-refractivity contribution < 1.29 is 10.2 Å². The number of primary amides is 1. The molecule has 0 unspecified atom stereocenters. The van der Waals surface area contributed by atoms with E-state index in [1.807, 2.05) is 39.2 Å². The van der Waals surface area contributed by atoms with Gasteiger partial charge < -0.3 is 26.7 Å². The number of hydrogen-bond acceptors (Lipinski definition) is 8. The highest BCUT2D eigenvalue weighted by Gasteiger charge is 2.29.